The minimum atomic E-state index is -0.571. The van der Waals surface area contributed by atoms with Crippen LogP contribution in [0, 0.1) is 5.92 Å². The summed E-state index contributed by atoms with van der Waals surface area (Å²) in [6.45, 7) is 5.07. The van der Waals surface area contributed by atoms with E-state index in [1.165, 1.54) is 25.4 Å². The highest BCUT2D eigenvalue weighted by atomic mass is 16.3. The molecule has 196 valence electrons. The van der Waals surface area contributed by atoms with Crippen LogP contribution in [-0.2, 0) is 9.59 Å². The standard InChI is InChI=1S/C28H34N4O5/c1-19(8-11-29-27(35)20-4-6-22(7-5-20)30-12-2-3-13-30)16-25(34)31-14-9-23-26(31)24(33)17-32(23)28(36)21-10-15-37-18-21/h4-7,10,15,18-19,23,26H,2-3,8-9,11-14,16-17H2,1H3,(H,29,35). The minimum absolute atomic E-state index is 0.0176. The number of Topliss-reactive ketones (excluding diaryl/α,β-unsaturated/α-hetero) is 1. The molecule has 1 aromatic carbocycles. The summed E-state index contributed by atoms with van der Waals surface area (Å²) < 4.78 is 5.01. The molecule has 2 aromatic rings. The second-order valence-corrected chi connectivity index (χ2v) is 10.4. The molecule has 0 spiro atoms. The molecule has 3 aliphatic heterocycles. The number of ketones is 1. The van der Waals surface area contributed by atoms with Crippen LogP contribution in [0.3, 0.4) is 0 Å². The van der Waals surface area contributed by atoms with Gasteiger partial charge in [0.15, 0.2) is 5.78 Å². The van der Waals surface area contributed by atoms with E-state index in [4.69, 9.17) is 4.42 Å². The Morgan fingerprint density at radius 3 is 2.49 bits per heavy atom. The molecule has 1 aromatic heterocycles. The summed E-state index contributed by atoms with van der Waals surface area (Å²) in [5, 5.41) is 2.95. The molecule has 37 heavy (non-hydrogen) atoms. The number of benzene rings is 1. The molecule has 3 atom stereocenters. The lowest BCUT2D eigenvalue weighted by molar-refractivity contribution is -0.137. The summed E-state index contributed by atoms with van der Waals surface area (Å²) in [5.41, 5.74) is 2.19. The normalized spacial score (nSPS) is 21.9. The van der Waals surface area contributed by atoms with Crippen LogP contribution in [0.4, 0.5) is 5.69 Å². The molecular formula is C28H34N4O5. The van der Waals surface area contributed by atoms with E-state index in [1.54, 1.807) is 15.9 Å². The topological polar surface area (TPSA) is 103 Å². The van der Waals surface area contributed by atoms with Crippen molar-refractivity contribution in [1.82, 2.24) is 15.1 Å². The molecule has 0 saturated carbocycles. The average Bonchev–Trinajstić information content (AvgIpc) is 3.70. The van der Waals surface area contributed by atoms with Crippen molar-refractivity contribution in [3.05, 3.63) is 54.0 Å². The van der Waals surface area contributed by atoms with Crippen LogP contribution in [0.15, 0.2) is 47.3 Å². The van der Waals surface area contributed by atoms with Crippen LogP contribution >= 0.6 is 0 Å². The molecule has 4 heterocycles. The number of nitrogens with one attached hydrogen (secondary N) is 1. The monoisotopic (exact) mass is 506 g/mol. The highest BCUT2D eigenvalue weighted by Gasteiger charge is 2.51. The molecule has 0 bridgehead atoms. The predicted molar refractivity (Wildman–Crippen MR) is 137 cm³/mol. The number of likely N-dealkylation sites (tertiary alicyclic amines) is 2. The van der Waals surface area contributed by atoms with Gasteiger partial charge in [0, 0.05) is 43.9 Å². The maximum atomic E-state index is 13.1. The van der Waals surface area contributed by atoms with E-state index in [-0.39, 0.29) is 42.0 Å². The Balaban J connectivity index is 1.08. The van der Waals surface area contributed by atoms with Crippen LogP contribution < -0.4 is 10.2 Å². The quantitative estimate of drug-likeness (QED) is 0.591. The van der Waals surface area contributed by atoms with Crippen molar-refractivity contribution in [2.75, 3.05) is 37.6 Å². The van der Waals surface area contributed by atoms with Gasteiger partial charge >= 0.3 is 0 Å². The fourth-order valence-electron chi connectivity index (χ4n) is 5.77. The lowest BCUT2D eigenvalue weighted by atomic mass is 10.0. The first-order valence-corrected chi connectivity index (χ1v) is 13.2. The van der Waals surface area contributed by atoms with Crippen molar-refractivity contribution in [3.63, 3.8) is 0 Å². The molecular weight excluding hydrogens is 472 g/mol. The first kappa shape index (κ1) is 25.0. The van der Waals surface area contributed by atoms with E-state index < -0.39 is 6.04 Å². The summed E-state index contributed by atoms with van der Waals surface area (Å²) in [7, 11) is 0. The number of nitrogens with zero attached hydrogens (tertiary/aromatic N) is 3. The van der Waals surface area contributed by atoms with Gasteiger partial charge in [-0.25, -0.2) is 0 Å². The van der Waals surface area contributed by atoms with Crippen molar-refractivity contribution < 1.29 is 23.6 Å². The third kappa shape index (κ3) is 5.26. The zero-order valence-corrected chi connectivity index (χ0v) is 21.2. The molecule has 9 nitrogen and oxygen atoms in total. The van der Waals surface area contributed by atoms with Gasteiger partial charge in [-0.2, -0.15) is 0 Å². The minimum Gasteiger partial charge on any atom is -0.472 e. The molecule has 9 heteroatoms. The van der Waals surface area contributed by atoms with Crippen LogP contribution in [0.1, 0.15) is 59.7 Å². The fraction of sp³-hybridized carbons (Fsp3) is 0.500. The van der Waals surface area contributed by atoms with E-state index in [0.717, 1.165) is 18.8 Å². The average molecular weight is 507 g/mol. The third-order valence-corrected chi connectivity index (χ3v) is 7.82. The summed E-state index contributed by atoms with van der Waals surface area (Å²) in [6.07, 6.45) is 6.78. The summed E-state index contributed by atoms with van der Waals surface area (Å²) >= 11 is 0. The molecule has 3 aliphatic rings. The molecule has 5 rings (SSSR count). The highest BCUT2D eigenvalue weighted by Crippen LogP contribution is 2.32. The Morgan fingerprint density at radius 1 is 1.03 bits per heavy atom. The second-order valence-electron chi connectivity index (χ2n) is 10.4. The van der Waals surface area contributed by atoms with E-state index in [2.05, 4.69) is 10.2 Å². The zero-order valence-electron chi connectivity index (χ0n) is 21.2. The predicted octanol–water partition coefficient (Wildman–Crippen LogP) is 2.72. The Hall–Kier alpha value is -3.62. The fourth-order valence-corrected chi connectivity index (χ4v) is 5.77. The number of fused-ring (bicyclic) bond motifs is 1. The van der Waals surface area contributed by atoms with Gasteiger partial charge in [-0.15, -0.1) is 0 Å². The Labute approximate surface area is 216 Å². The van der Waals surface area contributed by atoms with Gasteiger partial charge in [0.2, 0.25) is 5.91 Å². The lowest BCUT2D eigenvalue weighted by Gasteiger charge is -2.25. The zero-order chi connectivity index (χ0) is 25.9. The number of rotatable bonds is 8. The van der Waals surface area contributed by atoms with Crippen molar-refractivity contribution in [1.29, 1.82) is 0 Å². The van der Waals surface area contributed by atoms with Gasteiger partial charge in [-0.3, -0.25) is 19.2 Å². The summed E-state index contributed by atoms with van der Waals surface area (Å²) in [5.74, 6) is -0.478. The molecule has 0 aliphatic carbocycles. The van der Waals surface area contributed by atoms with Gasteiger partial charge in [0.25, 0.3) is 11.8 Å². The lowest BCUT2D eigenvalue weighted by Crippen LogP contribution is -2.44. The smallest absolute Gasteiger partial charge is 0.257 e. The first-order valence-electron chi connectivity index (χ1n) is 13.2. The molecule has 0 radical (unpaired) electrons. The largest absolute Gasteiger partial charge is 0.472 e. The Morgan fingerprint density at radius 2 is 1.78 bits per heavy atom. The maximum absolute atomic E-state index is 13.1. The number of hydrogen-bond acceptors (Lipinski definition) is 6. The van der Waals surface area contributed by atoms with E-state index in [9.17, 15) is 19.2 Å². The van der Waals surface area contributed by atoms with Gasteiger partial charge in [-0.1, -0.05) is 6.92 Å². The summed E-state index contributed by atoms with van der Waals surface area (Å²) in [6, 6.07) is 8.45. The SMILES string of the molecule is CC(CCNC(=O)c1ccc(N2CCCC2)cc1)CC(=O)N1CCC2C1C(=O)CN2C(=O)c1ccoc1. The number of anilines is 1. The maximum Gasteiger partial charge on any atom is 0.257 e. The molecule has 1 N–H and O–H groups in total. The summed E-state index contributed by atoms with van der Waals surface area (Å²) in [4.78, 5) is 56.7. The Bertz CT molecular complexity index is 1140. The Kier molecular flexibility index (Phi) is 7.30. The molecule has 3 fully saturated rings. The van der Waals surface area contributed by atoms with Gasteiger partial charge in [-0.05, 0) is 61.9 Å². The number of furan rings is 1. The van der Waals surface area contributed by atoms with Crippen molar-refractivity contribution >= 4 is 29.2 Å². The number of carbonyl (C=O) groups excluding carboxylic acids is 4. The number of hydrogen-bond donors (Lipinski definition) is 1. The number of carbonyl (C=O) groups is 4. The van der Waals surface area contributed by atoms with Crippen molar-refractivity contribution in [2.24, 2.45) is 5.92 Å². The van der Waals surface area contributed by atoms with E-state index in [1.807, 2.05) is 31.2 Å². The van der Waals surface area contributed by atoms with Crippen LogP contribution in [0.5, 0.6) is 0 Å². The van der Waals surface area contributed by atoms with Crippen molar-refractivity contribution in [3.8, 4) is 0 Å². The highest BCUT2D eigenvalue weighted by molar-refractivity contribution is 6.02. The van der Waals surface area contributed by atoms with E-state index >= 15 is 0 Å². The molecule has 3 amide bonds. The molecule has 3 unspecified atom stereocenters. The molecule has 3 saturated heterocycles. The van der Waals surface area contributed by atoms with Gasteiger partial charge in [0.05, 0.1) is 24.4 Å². The number of amides is 3. The van der Waals surface area contributed by atoms with Gasteiger partial charge < -0.3 is 24.4 Å². The van der Waals surface area contributed by atoms with E-state index in [0.29, 0.717) is 43.5 Å². The second kappa shape index (κ2) is 10.8. The van der Waals surface area contributed by atoms with Crippen molar-refractivity contribution in [2.45, 2.75) is 51.1 Å². The van der Waals surface area contributed by atoms with Crippen LogP contribution in [-0.4, -0.2) is 78.1 Å². The van der Waals surface area contributed by atoms with Gasteiger partial charge in [0.1, 0.15) is 12.3 Å². The van der Waals surface area contributed by atoms with Crippen LogP contribution in [0.2, 0.25) is 0 Å². The third-order valence-electron chi connectivity index (χ3n) is 7.82. The first-order chi connectivity index (χ1) is 17.9. The van der Waals surface area contributed by atoms with Crippen LogP contribution in [0.25, 0.3) is 0 Å².